The smallest absolute Gasteiger partial charge is 0.274 e. The zero-order chi connectivity index (χ0) is 21.8. The third-order valence-electron chi connectivity index (χ3n) is 5.40. The lowest BCUT2D eigenvalue weighted by Crippen LogP contribution is -2.48. The van der Waals surface area contributed by atoms with Crippen LogP contribution in [-0.4, -0.2) is 51.7 Å². The summed E-state index contributed by atoms with van der Waals surface area (Å²) < 4.78 is 7.49. The molecule has 0 aliphatic carbocycles. The van der Waals surface area contributed by atoms with Crippen molar-refractivity contribution in [1.29, 1.82) is 0 Å². The second-order valence-corrected chi connectivity index (χ2v) is 8.47. The number of nitrogens with zero attached hydrogens (tertiary/aromatic N) is 4. The predicted molar refractivity (Wildman–Crippen MR) is 121 cm³/mol. The number of aryl methyl sites for hydroxylation is 2. The highest BCUT2D eigenvalue weighted by atomic mass is 35.5. The third kappa shape index (κ3) is 5.66. The highest BCUT2D eigenvalue weighted by molar-refractivity contribution is 6.30. The van der Waals surface area contributed by atoms with Crippen LogP contribution in [0.25, 0.3) is 0 Å². The van der Waals surface area contributed by atoms with E-state index in [4.69, 9.17) is 16.3 Å². The Hall–Kier alpha value is -2.83. The van der Waals surface area contributed by atoms with Gasteiger partial charge in [-0.05, 0) is 60.9 Å². The molecule has 2 heterocycles. The molecule has 0 bridgehead atoms. The number of amides is 1. The van der Waals surface area contributed by atoms with Crippen molar-refractivity contribution in [2.24, 2.45) is 0 Å². The molecule has 0 atom stereocenters. The molecule has 6 nitrogen and oxygen atoms in total. The zero-order valence-electron chi connectivity index (χ0n) is 17.9. The van der Waals surface area contributed by atoms with E-state index in [9.17, 15) is 4.79 Å². The fourth-order valence-electron chi connectivity index (χ4n) is 3.82. The number of carbonyl (C=O) groups is 1. The van der Waals surface area contributed by atoms with Gasteiger partial charge in [0.2, 0.25) is 0 Å². The third-order valence-corrected chi connectivity index (χ3v) is 5.65. The number of aromatic nitrogens is 2. The molecule has 1 aromatic heterocycles. The first kappa shape index (κ1) is 21.4. The molecular formula is C24H27ClN4O2. The Balaban J connectivity index is 1.28. The lowest BCUT2D eigenvalue weighted by Gasteiger charge is -2.34. The molecule has 1 fully saturated rings. The second-order valence-electron chi connectivity index (χ2n) is 8.03. The topological polar surface area (TPSA) is 50.6 Å². The highest BCUT2D eigenvalue weighted by Crippen LogP contribution is 2.17. The van der Waals surface area contributed by atoms with Gasteiger partial charge in [-0.2, -0.15) is 5.10 Å². The fraction of sp³-hybridized carbons (Fsp3) is 0.333. The molecule has 162 valence electrons. The van der Waals surface area contributed by atoms with Crippen molar-refractivity contribution in [3.8, 4) is 5.75 Å². The Morgan fingerprint density at radius 1 is 1.00 bits per heavy atom. The quantitative estimate of drug-likeness (QED) is 0.580. The van der Waals surface area contributed by atoms with Crippen molar-refractivity contribution in [2.45, 2.75) is 27.1 Å². The van der Waals surface area contributed by atoms with Gasteiger partial charge in [0.15, 0.2) is 12.4 Å². The molecule has 0 N–H and O–H groups in total. The molecule has 7 heteroatoms. The Labute approximate surface area is 188 Å². The molecule has 0 spiro atoms. The Morgan fingerprint density at radius 2 is 1.68 bits per heavy atom. The molecule has 1 saturated heterocycles. The van der Waals surface area contributed by atoms with Gasteiger partial charge in [0.1, 0.15) is 5.75 Å². The van der Waals surface area contributed by atoms with Crippen LogP contribution in [0.5, 0.6) is 5.75 Å². The Morgan fingerprint density at radius 3 is 2.35 bits per heavy atom. The first-order chi connectivity index (χ1) is 15.0. The molecule has 1 aliphatic rings. The summed E-state index contributed by atoms with van der Waals surface area (Å²) in [6.45, 7) is 8.28. The number of hydrogen-bond acceptors (Lipinski definition) is 4. The van der Waals surface area contributed by atoms with E-state index in [0.717, 1.165) is 41.5 Å². The molecule has 1 amide bonds. The number of ether oxygens (including phenoxy) is 1. The van der Waals surface area contributed by atoms with Crippen molar-refractivity contribution in [3.05, 3.63) is 82.1 Å². The maximum atomic E-state index is 12.9. The van der Waals surface area contributed by atoms with E-state index in [1.54, 1.807) is 16.9 Å². The summed E-state index contributed by atoms with van der Waals surface area (Å²) in [7, 11) is 0. The minimum absolute atomic E-state index is 0.0312. The van der Waals surface area contributed by atoms with Crippen LogP contribution in [0.2, 0.25) is 5.02 Å². The van der Waals surface area contributed by atoms with Gasteiger partial charge in [0.25, 0.3) is 5.91 Å². The maximum Gasteiger partial charge on any atom is 0.274 e. The molecular weight excluding hydrogens is 412 g/mol. The zero-order valence-corrected chi connectivity index (χ0v) is 18.7. The summed E-state index contributed by atoms with van der Waals surface area (Å²) in [5.74, 6) is 0.772. The molecule has 3 aromatic rings. The number of hydrogen-bond donors (Lipinski definition) is 0. The molecule has 31 heavy (non-hydrogen) atoms. The average molecular weight is 439 g/mol. The lowest BCUT2D eigenvalue weighted by atomic mass is 10.1. The highest BCUT2D eigenvalue weighted by Gasteiger charge is 2.23. The van der Waals surface area contributed by atoms with Crippen LogP contribution in [0, 0.1) is 13.8 Å². The van der Waals surface area contributed by atoms with Crippen molar-refractivity contribution < 1.29 is 9.53 Å². The van der Waals surface area contributed by atoms with E-state index in [1.807, 2.05) is 55.1 Å². The van der Waals surface area contributed by atoms with Crippen molar-refractivity contribution >= 4 is 17.5 Å². The van der Waals surface area contributed by atoms with E-state index >= 15 is 0 Å². The molecule has 1 aliphatic heterocycles. The molecule has 0 unspecified atom stereocenters. The summed E-state index contributed by atoms with van der Waals surface area (Å²) in [6.07, 6.45) is 1.78. The summed E-state index contributed by atoms with van der Waals surface area (Å²) >= 11 is 5.96. The molecule has 0 radical (unpaired) electrons. The van der Waals surface area contributed by atoms with Gasteiger partial charge < -0.3 is 9.64 Å². The van der Waals surface area contributed by atoms with Crippen molar-refractivity contribution in [3.63, 3.8) is 0 Å². The van der Waals surface area contributed by atoms with Crippen LogP contribution in [0.1, 0.15) is 27.2 Å². The number of benzene rings is 2. The Bertz CT molecular complexity index is 1020. The normalized spacial score (nSPS) is 14.6. The largest absolute Gasteiger partial charge is 0.471 e. The predicted octanol–water partition coefficient (Wildman–Crippen LogP) is 4.15. The SMILES string of the molecule is Cc1cc(C)cc(OCn2ccc(C(=O)N3CCN(Cc4ccc(Cl)cc4)CC3)n2)c1. The molecule has 0 saturated carbocycles. The van der Waals surface area contributed by atoms with E-state index in [-0.39, 0.29) is 12.6 Å². The minimum Gasteiger partial charge on any atom is -0.471 e. The molecule has 4 rings (SSSR count). The Kier molecular flexibility index (Phi) is 6.59. The van der Waals surface area contributed by atoms with Crippen molar-refractivity contribution in [1.82, 2.24) is 19.6 Å². The maximum absolute atomic E-state index is 12.9. The van der Waals surface area contributed by atoms with Crippen LogP contribution in [0.3, 0.4) is 0 Å². The number of carbonyl (C=O) groups excluding carboxylic acids is 1. The average Bonchev–Trinajstić information content (AvgIpc) is 3.22. The van der Waals surface area contributed by atoms with Gasteiger partial charge in [-0.15, -0.1) is 0 Å². The van der Waals surface area contributed by atoms with E-state index in [2.05, 4.69) is 16.1 Å². The second kappa shape index (κ2) is 9.54. The van der Waals surface area contributed by atoms with E-state index in [1.165, 1.54) is 5.56 Å². The standard InChI is InChI=1S/C24H27ClN4O2/c1-18-13-19(2)15-22(14-18)31-17-29-8-7-23(26-29)24(30)28-11-9-27(10-12-28)16-20-3-5-21(25)6-4-20/h3-8,13-15H,9-12,16-17H2,1-2H3. The van der Waals surface area contributed by atoms with Crippen LogP contribution in [0.4, 0.5) is 0 Å². The van der Waals surface area contributed by atoms with Gasteiger partial charge in [0, 0.05) is 43.9 Å². The number of halogens is 1. The minimum atomic E-state index is -0.0312. The summed E-state index contributed by atoms with van der Waals surface area (Å²) in [5, 5.41) is 5.16. The van der Waals surface area contributed by atoms with Gasteiger partial charge in [0.05, 0.1) is 0 Å². The van der Waals surface area contributed by atoms with Gasteiger partial charge in [-0.25, -0.2) is 4.68 Å². The van der Waals surface area contributed by atoms with Crippen LogP contribution in [-0.2, 0) is 13.3 Å². The van der Waals surface area contributed by atoms with Crippen molar-refractivity contribution in [2.75, 3.05) is 26.2 Å². The summed E-state index contributed by atoms with van der Waals surface area (Å²) in [6, 6.07) is 15.8. The van der Waals surface area contributed by atoms with Gasteiger partial charge >= 0.3 is 0 Å². The lowest BCUT2D eigenvalue weighted by molar-refractivity contribution is 0.0621. The van der Waals surface area contributed by atoms with E-state index < -0.39 is 0 Å². The number of rotatable bonds is 6. The van der Waals surface area contributed by atoms with Crippen LogP contribution >= 0.6 is 11.6 Å². The summed E-state index contributed by atoms with van der Waals surface area (Å²) in [5.41, 5.74) is 3.99. The van der Waals surface area contributed by atoms with Gasteiger partial charge in [-0.1, -0.05) is 29.8 Å². The number of piperazine rings is 1. The first-order valence-electron chi connectivity index (χ1n) is 10.5. The fourth-order valence-corrected chi connectivity index (χ4v) is 3.95. The van der Waals surface area contributed by atoms with Gasteiger partial charge in [-0.3, -0.25) is 9.69 Å². The molecule has 2 aromatic carbocycles. The monoisotopic (exact) mass is 438 g/mol. The van der Waals surface area contributed by atoms with Crippen LogP contribution < -0.4 is 4.74 Å². The van der Waals surface area contributed by atoms with E-state index in [0.29, 0.717) is 18.8 Å². The first-order valence-corrected chi connectivity index (χ1v) is 10.8. The van der Waals surface area contributed by atoms with Crippen LogP contribution in [0.15, 0.2) is 54.7 Å². The summed E-state index contributed by atoms with van der Waals surface area (Å²) in [4.78, 5) is 17.1.